The number of methoxy groups -OCH3 is 1. The number of phenols is 1. The van der Waals surface area contributed by atoms with E-state index in [1.165, 1.54) is 37.4 Å². The normalized spacial score (nSPS) is 10.3. The van der Waals surface area contributed by atoms with Crippen LogP contribution in [0.4, 0.5) is 8.78 Å². The number of aromatic hydroxyl groups is 1. The molecule has 0 radical (unpaired) electrons. The zero-order valence-corrected chi connectivity index (χ0v) is 9.08. The fourth-order valence-electron chi connectivity index (χ4n) is 1.61. The first kappa shape index (κ1) is 11.4. The van der Waals surface area contributed by atoms with Gasteiger partial charge in [-0.1, -0.05) is 0 Å². The molecular weight excluding hydrogens is 226 g/mol. The number of rotatable bonds is 2. The summed E-state index contributed by atoms with van der Waals surface area (Å²) in [6.07, 6.45) is 0. The molecule has 1 N–H and O–H groups in total. The Kier molecular flexibility index (Phi) is 2.95. The van der Waals surface area contributed by atoms with E-state index < -0.39 is 11.6 Å². The fraction of sp³-hybridized carbons (Fsp3) is 0.0769. The molecule has 2 aromatic rings. The molecule has 0 atom stereocenters. The summed E-state index contributed by atoms with van der Waals surface area (Å²) in [5.74, 6) is -0.917. The van der Waals surface area contributed by atoms with Crippen molar-refractivity contribution in [3.63, 3.8) is 0 Å². The third-order valence-electron chi connectivity index (χ3n) is 2.40. The Balaban J connectivity index is 2.62. The van der Waals surface area contributed by atoms with Gasteiger partial charge in [0.25, 0.3) is 0 Å². The molecule has 88 valence electrons. The zero-order valence-electron chi connectivity index (χ0n) is 9.08. The van der Waals surface area contributed by atoms with Gasteiger partial charge in [-0.15, -0.1) is 0 Å². The van der Waals surface area contributed by atoms with Crippen LogP contribution in [-0.4, -0.2) is 12.2 Å². The van der Waals surface area contributed by atoms with Crippen LogP contribution in [0.3, 0.4) is 0 Å². The van der Waals surface area contributed by atoms with Crippen LogP contribution in [0.5, 0.6) is 11.5 Å². The van der Waals surface area contributed by atoms with Crippen molar-refractivity contribution in [2.24, 2.45) is 0 Å². The Morgan fingerprint density at radius 2 is 1.76 bits per heavy atom. The van der Waals surface area contributed by atoms with Gasteiger partial charge in [0.15, 0.2) is 0 Å². The topological polar surface area (TPSA) is 29.5 Å². The third kappa shape index (κ3) is 2.20. The molecule has 0 aliphatic heterocycles. The van der Waals surface area contributed by atoms with Gasteiger partial charge in [0.2, 0.25) is 0 Å². The summed E-state index contributed by atoms with van der Waals surface area (Å²) in [4.78, 5) is 0. The van der Waals surface area contributed by atoms with Gasteiger partial charge < -0.3 is 9.84 Å². The van der Waals surface area contributed by atoms with Crippen molar-refractivity contribution in [2.45, 2.75) is 0 Å². The molecule has 0 bridgehead atoms. The van der Waals surface area contributed by atoms with E-state index in [4.69, 9.17) is 9.84 Å². The molecule has 0 amide bonds. The first-order valence-electron chi connectivity index (χ1n) is 4.94. The fourth-order valence-corrected chi connectivity index (χ4v) is 1.61. The SMILES string of the molecule is COc1ccc(F)cc1-c1ccc(O)cc1F. The molecule has 2 rings (SSSR count). The Morgan fingerprint density at radius 3 is 2.41 bits per heavy atom. The first-order valence-corrected chi connectivity index (χ1v) is 4.94. The summed E-state index contributed by atoms with van der Waals surface area (Å²) in [6.45, 7) is 0. The zero-order chi connectivity index (χ0) is 12.4. The Labute approximate surface area is 97.1 Å². The maximum atomic E-state index is 13.6. The number of hydrogen-bond donors (Lipinski definition) is 1. The van der Waals surface area contributed by atoms with Gasteiger partial charge in [-0.3, -0.25) is 0 Å². The molecule has 0 aliphatic carbocycles. The van der Waals surface area contributed by atoms with Crippen molar-refractivity contribution in [3.8, 4) is 22.6 Å². The largest absolute Gasteiger partial charge is 0.508 e. The molecular formula is C13H10F2O2. The minimum absolute atomic E-state index is 0.179. The molecule has 0 heterocycles. The number of benzene rings is 2. The number of phenolic OH excluding ortho intramolecular Hbond substituents is 1. The molecule has 4 heteroatoms. The Bertz CT molecular complexity index is 553. The molecule has 2 aromatic carbocycles. The molecule has 0 unspecified atom stereocenters. The van der Waals surface area contributed by atoms with Crippen molar-refractivity contribution in [1.29, 1.82) is 0 Å². The van der Waals surface area contributed by atoms with E-state index in [2.05, 4.69) is 0 Å². The van der Waals surface area contributed by atoms with E-state index in [1.54, 1.807) is 0 Å². The summed E-state index contributed by atoms with van der Waals surface area (Å²) >= 11 is 0. The van der Waals surface area contributed by atoms with Crippen molar-refractivity contribution in [1.82, 2.24) is 0 Å². The summed E-state index contributed by atoms with van der Waals surface area (Å²) in [7, 11) is 1.43. The molecule has 0 saturated heterocycles. The van der Waals surface area contributed by atoms with Gasteiger partial charge in [0.1, 0.15) is 23.1 Å². The number of ether oxygens (including phenoxy) is 1. The summed E-state index contributed by atoms with van der Waals surface area (Å²) in [6, 6.07) is 7.54. The van der Waals surface area contributed by atoms with E-state index in [9.17, 15) is 8.78 Å². The second-order valence-corrected chi connectivity index (χ2v) is 3.51. The van der Waals surface area contributed by atoms with Crippen LogP contribution in [0.2, 0.25) is 0 Å². The maximum Gasteiger partial charge on any atom is 0.134 e. The number of halogens is 2. The summed E-state index contributed by atoms with van der Waals surface area (Å²) < 4.78 is 31.8. The van der Waals surface area contributed by atoms with E-state index >= 15 is 0 Å². The van der Waals surface area contributed by atoms with Crippen LogP contribution in [-0.2, 0) is 0 Å². The predicted molar refractivity (Wildman–Crippen MR) is 60.0 cm³/mol. The molecule has 0 fully saturated rings. The highest BCUT2D eigenvalue weighted by atomic mass is 19.1. The molecule has 0 spiro atoms. The van der Waals surface area contributed by atoms with E-state index in [-0.39, 0.29) is 11.3 Å². The van der Waals surface area contributed by atoms with E-state index in [0.717, 1.165) is 6.07 Å². The molecule has 2 nitrogen and oxygen atoms in total. The molecule has 0 saturated carbocycles. The second-order valence-electron chi connectivity index (χ2n) is 3.51. The maximum absolute atomic E-state index is 13.6. The van der Waals surface area contributed by atoms with Crippen LogP contribution in [0.1, 0.15) is 0 Å². The Hall–Kier alpha value is -2.10. The highest BCUT2D eigenvalue weighted by Crippen LogP contribution is 2.33. The summed E-state index contributed by atoms with van der Waals surface area (Å²) in [5, 5.41) is 9.12. The minimum Gasteiger partial charge on any atom is -0.508 e. The molecule has 17 heavy (non-hydrogen) atoms. The van der Waals surface area contributed by atoms with Gasteiger partial charge >= 0.3 is 0 Å². The first-order chi connectivity index (χ1) is 8.11. The van der Waals surface area contributed by atoms with Crippen LogP contribution < -0.4 is 4.74 Å². The molecule has 0 aromatic heterocycles. The lowest BCUT2D eigenvalue weighted by molar-refractivity contribution is 0.415. The van der Waals surface area contributed by atoms with Crippen molar-refractivity contribution in [3.05, 3.63) is 48.0 Å². The lowest BCUT2D eigenvalue weighted by atomic mass is 10.0. The lowest BCUT2D eigenvalue weighted by Crippen LogP contribution is -1.91. The van der Waals surface area contributed by atoms with Crippen molar-refractivity contribution in [2.75, 3.05) is 7.11 Å². The second kappa shape index (κ2) is 4.41. The van der Waals surface area contributed by atoms with Gasteiger partial charge in [-0.05, 0) is 30.3 Å². The highest BCUT2D eigenvalue weighted by Gasteiger charge is 2.12. The number of hydrogen-bond acceptors (Lipinski definition) is 2. The van der Waals surface area contributed by atoms with Crippen LogP contribution >= 0.6 is 0 Å². The van der Waals surface area contributed by atoms with Crippen molar-refractivity contribution >= 4 is 0 Å². The standard InChI is InChI=1S/C13H10F2O2/c1-17-13-5-2-8(14)6-11(13)10-4-3-9(16)7-12(10)15/h2-7,16H,1H3. The van der Waals surface area contributed by atoms with Gasteiger partial charge in [0.05, 0.1) is 7.11 Å². The van der Waals surface area contributed by atoms with Crippen LogP contribution in [0, 0.1) is 11.6 Å². The predicted octanol–water partition coefficient (Wildman–Crippen LogP) is 3.35. The third-order valence-corrected chi connectivity index (χ3v) is 2.40. The monoisotopic (exact) mass is 236 g/mol. The van der Waals surface area contributed by atoms with Gasteiger partial charge in [-0.2, -0.15) is 0 Å². The average Bonchev–Trinajstić information content (AvgIpc) is 2.29. The van der Waals surface area contributed by atoms with E-state index in [0.29, 0.717) is 11.3 Å². The van der Waals surface area contributed by atoms with Crippen molar-refractivity contribution < 1.29 is 18.6 Å². The van der Waals surface area contributed by atoms with Crippen LogP contribution in [0.25, 0.3) is 11.1 Å². The quantitative estimate of drug-likeness (QED) is 0.866. The highest BCUT2D eigenvalue weighted by molar-refractivity contribution is 5.71. The minimum atomic E-state index is -0.631. The van der Waals surface area contributed by atoms with Gasteiger partial charge in [-0.25, -0.2) is 8.78 Å². The lowest BCUT2D eigenvalue weighted by Gasteiger charge is -2.09. The van der Waals surface area contributed by atoms with Crippen LogP contribution in [0.15, 0.2) is 36.4 Å². The van der Waals surface area contributed by atoms with E-state index in [1.807, 2.05) is 0 Å². The van der Waals surface area contributed by atoms with Gasteiger partial charge in [0, 0.05) is 17.2 Å². The average molecular weight is 236 g/mol. The molecule has 0 aliphatic rings. The smallest absolute Gasteiger partial charge is 0.134 e. The Morgan fingerprint density at radius 1 is 1.00 bits per heavy atom. The summed E-state index contributed by atoms with van der Waals surface area (Å²) in [5.41, 5.74) is 0.490.